The van der Waals surface area contributed by atoms with Crippen LogP contribution in [0, 0.1) is 11.7 Å². The Balaban J connectivity index is 1.40. The zero-order valence-corrected chi connectivity index (χ0v) is 16.4. The van der Waals surface area contributed by atoms with Crippen LogP contribution in [0.2, 0.25) is 5.02 Å². The number of hydrogen-bond donors (Lipinski definition) is 1. The van der Waals surface area contributed by atoms with Gasteiger partial charge in [0.05, 0.1) is 22.8 Å². The summed E-state index contributed by atoms with van der Waals surface area (Å²) in [5.74, 6) is -0.731. The van der Waals surface area contributed by atoms with Crippen molar-refractivity contribution < 1.29 is 27.1 Å². The fraction of sp³-hybridized carbons (Fsp3) is 0.400. The summed E-state index contributed by atoms with van der Waals surface area (Å²) in [4.78, 5) is 17.0. The SMILES string of the molecule is NC(=O)c1cc(C2CC2)c(OCC2CN(c3cc(C(F)(F)F)c(Cl)cn3)C2)cc1F. The van der Waals surface area contributed by atoms with E-state index in [0.717, 1.165) is 30.7 Å². The summed E-state index contributed by atoms with van der Waals surface area (Å²) in [5, 5.41) is -0.444. The Kier molecular flexibility index (Phi) is 5.25. The molecule has 1 saturated carbocycles. The molecule has 0 bridgehead atoms. The van der Waals surface area contributed by atoms with Gasteiger partial charge >= 0.3 is 6.18 Å². The zero-order chi connectivity index (χ0) is 21.6. The van der Waals surface area contributed by atoms with E-state index in [4.69, 9.17) is 22.1 Å². The number of carbonyl (C=O) groups excluding carboxylic acids is 1. The minimum Gasteiger partial charge on any atom is -0.493 e. The summed E-state index contributed by atoms with van der Waals surface area (Å²) in [6, 6.07) is 3.57. The number of rotatable bonds is 6. The molecule has 0 spiro atoms. The van der Waals surface area contributed by atoms with Gasteiger partial charge in [-0.1, -0.05) is 11.6 Å². The average Bonchev–Trinajstić information content (AvgIpc) is 3.45. The van der Waals surface area contributed by atoms with Gasteiger partial charge in [0.15, 0.2) is 0 Å². The largest absolute Gasteiger partial charge is 0.493 e. The van der Waals surface area contributed by atoms with E-state index in [0.29, 0.717) is 18.8 Å². The van der Waals surface area contributed by atoms with Crippen LogP contribution >= 0.6 is 11.6 Å². The fourth-order valence-electron chi connectivity index (χ4n) is 3.49. The van der Waals surface area contributed by atoms with Crippen LogP contribution < -0.4 is 15.4 Å². The number of anilines is 1. The molecule has 1 saturated heterocycles. The van der Waals surface area contributed by atoms with Crippen molar-refractivity contribution >= 4 is 23.3 Å². The van der Waals surface area contributed by atoms with Crippen LogP contribution in [0.25, 0.3) is 0 Å². The Labute approximate surface area is 174 Å². The number of amides is 1. The Hall–Kier alpha value is -2.55. The van der Waals surface area contributed by atoms with Gasteiger partial charge in [0.25, 0.3) is 5.91 Å². The predicted molar refractivity (Wildman–Crippen MR) is 102 cm³/mol. The molecular weight excluding hydrogens is 426 g/mol. The molecule has 1 amide bonds. The van der Waals surface area contributed by atoms with Gasteiger partial charge in [-0.3, -0.25) is 4.79 Å². The maximum atomic E-state index is 14.1. The van der Waals surface area contributed by atoms with Gasteiger partial charge in [-0.2, -0.15) is 13.2 Å². The number of halogens is 5. The summed E-state index contributed by atoms with van der Waals surface area (Å²) in [6.45, 7) is 1.17. The molecule has 160 valence electrons. The monoisotopic (exact) mass is 443 g/mol. The van der Waals surface area contributed by atoms with E-state index in [2.05, 4.69) is 4.98 Å². The van der Waals surface area contributed by atoms with E-state index in [-0.39, 0.29) is 29.8 Å². The number of nitrogens with zero attached hydrogens (tertiary/aromatic N) is 2. The Bertz CT molecular complexity index is 989. The maximum absolute atomic E-state index is 14.1. The van der Waals surface area contributed by atoms with E-state index >= 15 is 0 Å². The zero-order valence-electron chi connectivity index (χ0n) is 15.7. The second-order valence-corrected chi connectivity index (χ2v) is 8.02. The number of alkyl halides is 3. The lowest BCUT2D eigenvalue weighted by Gasteiger charge is -2.40. The first kappa shape index (κ1) is 20.7. The molecular formula is C20H18ClF4N3O2. The highest BCUT2D eigenvalue weighted by molar-refractivity contribution is 6.31. The highest BCUT2D eigenvalue weighted by Gasteiger charge is 2.36. The Morgan fingerprint density at radius 3 is 2.57 bits per heavy atom. The van der Waals surface area contributed by atoms with Gasteiger partial charge in [0, 0.05) is 31.3 Å². The molecule has 0 radical (unpaired) electrons. The van der Waals surface area contributed by atoms with Crippen LogP contribution in [-0.4, -0.2) is 30.6 Å². The van der Waals surface area contributed by atoms with Crippen LogP contribution in [0.5, 0.6) is 5.75 Å². The number of hydrogen-bond acceptors (Lipinski definition) is 4. The minimum absolute atomic E-state index is 0.0442. The van der Waals surface area contributed by atoms with Crippen molar-refractivity contribution in [3.05, 3.63) is 51.9 Å². The number of pyridine rings is 1. The summed E-state index contributed by atoms with van der Waals surface area (Å²) in [6.07, 6.45) is -1.70. The first-order chi connectivity index (χ1) is 14.1. The molecule has 1 aromatic heterocycles. The standard InChI is InChI=1S/C20H18ClF4N3O2/c21-15-6-27-18(4-14(15)20(23,24)25)28-7-10(8-28)9-30-17-5-16(22)13(19(26)29)3-12(17)11-1-2-11/h3-6,10-11H,1-2,7-9H2,(H2,26,29). The maximum Gasteiger partial charge on any atom is 0.418 e. The van der Waals surface area contributed by atoms with Crippen LogP contribution in [0.1, 0.15) is 40.2 Å². The number of benzene rings is 1. The van der Waals surface area contributed by atoms with Crippen molar-refractivity contribution in [1.29, 1.82) is 0 Å². The summed E-state index contributed by atoms with van der Waals surface area (Å²) < 4.78 is 59.0. The van der Waals surface area contributed by atoms with Gasteiger partial charge in [-0.25, -0.2) is 9.37 Å². The van der Waals surface area contributed by atoms with Crippen LogP contribution in [0.4, 0.5) is 23.4 Å². The van der Waals surface area contributed by atoms with E-state index in [1.165, 1.54) is 12.1 Å². The molecule has 2 N–H and O–H groups in total. The number of nitrogens with two attached hydrogens (primary N) is 1. The number of ether oxygens (including phenoxy) is 1. The van der Waals surface area contributed by atoms with E-state index in [9.17, 15) is 22.4 Å². The number of carbonyl (C=O) groups is 1. The van der Waals surface area contributed by atoms with Crippen LogP contribution in [-0.2, 0) is 6.18 Å². The second-order valence-electron chi connectivity index (χ2n) is 7.61. The highest BCUT2D eigenvalue weighted by atomic mass is 35.5. The quantitative estimate of drug-likeness (QED) is 0.672. The van der Waals surface area contributed by atoms with Gasteiger partial charge < -0.3 is 15.4 Å². The second kappa shape index (κ2) is 7.61. The van der Waals surface area contributed by atoms with Gasteiger partial charge in [0.2, 0.25) is 0 Å². The summed E-state index contributed by atoms with van der Waals surface area (Å²) in [5.41, 5.74) is 4.89. The molecule has 2 fully saturated rings. The Morgan fingerprint density at radius 1 is 1.27 bits per heavy atom. The molecule has 1 aliphatic carbocycles. The van der Waals surface area contributed by atoms with Crippen LogP contribution in [0.15, 0.2) is 24.4 Å². The number of aromatic nitrogens is 1. The molecule has 10 heteroatoms. The number of primary amides is 1. The van der Waals surface area contributed by atoms with Crippen molar-refractivity contribution in [2.24, 2.45) is 11.7 Å². The summed E-state index contributed by atoms with van der Waals surface area (Å²) >= 11 is 5.60. The van der Waals surface area contributed by atoms with E-state index in [1.807, 2.05) is 0 Å². The molecule has 1 aromatic carbocycles. The third-order valence-electron chi connectivity index (χ3n) is 5.28. The average molecular weight is 444 g/mol. The summed E-state index contributed by atoms with van der Waals surface area (Å²) in [7, 11) is 0. The lowest BCUT2D eigenvalue weighted by atomic mass is 10.0. The fourth-order valence-corrected chi connectivity index (χ4v) is 3.70. The topological polar surface area (TPSA) is 68.5 Å². The highest BCUT2D eigenvalue weighted by Crippen LogP contribution is 2.45. The molecule has 1 aliphatic heterocycles. The first-order valence-electron chi connectivity index (χ1n) is 9.37. The van der Waals surface area contributed by atoms with Crippen molar-refractivity contribution in [2.75, 3.05) is 24.6 Å². The van der Waals surface area contributed by atoms with E-state index in [1.54, 1.807) is 4.90 Å². The molecule has 0 atom stereocenters. The van der Waals surface area contributed by atoms with E-state index < -0.39 is 28.5 Å². The van der Waals surface area contributed by atoms with Crippen molar-refractivity contribution in [1.82, 2.24) is 4.98 Å². The molecule has 4 rings (SSSR count). The van der Waals surface area contributed by atoms with Crippen LogP contribution in [0.3, 0.4) is 0 Å². The third-order valence-corrected chi connectivity index (χ3v) is 5.59. The molecule has 2 heterocycles. The smallest absolute Gasteiger partial charge is 0.418 e. The lowest BCUT2D eigenvalue weighted by molar-refractivity contribution is -0.137. The van der Waals surface area contributed by atoms with Gasteiger partial charge in [-0.15, -0.1) is 0 Å². The van der Waals surface area contributed by atoms with Gasteiger partial charge in [0.1, 0.15) is 17.4 Å². The van der Waals surface area contributed by atoms with Crippen molar-refractivity contribution in [3.63, 3.8) is 0 Å². The predicted octanol–water partition coefficient (Wildman–Crippen LogP) is 4.38. The molecule has 2 aromatic rings. The molecule has 2 aliphatic rings. The third kappa shape index (κ3) is 4.16. The Morgan fingerprint density at radius 2 is 1.97 bits per heavy atom. The normalized spacial score (nSPS) is 17.0. The minimum atomic E-state index is -4.55. The first-order valence-corrected chi connectivity index (χ1v) is 9.75. The molecule has 0 unspecified atom stereocenters. The van der Waals surface area contributed by atoms with Crippen molar-refractivity contribution in [2.45, 2.75) is 24.9 Å². The van der Waals surface area contributed by atoms with Crippen molar-refractivity contribution in [3.8, 4) is 5.75 Å². The molecule has 5 nitrogen and oxygen atoms in total. The van der Waals surface area contributed by atoms with Gasteiger partial charge in [-0.05, 0) is 36.5 Å². The molecule has 30 heavy (non-hydrogen) atoms. The lowest BCUT2D eigenvalue weighted by Crippen LogP contribution is -2.49.